The molecule has 1 aromatic carbocycles. The van der Waals surface area contributed by atoms with Crippen LogP contribution < -0.4 is 10.6 Å². The molecule has 1 aliphatic carbocycles. The minimum atomic E-state index is -0.567. The molecule has 1 saturated carbocycles. The number of carbonyl (C=O) groups is 3. The molecular formula is C19H24N2O4S. The van der Waals surface area contributed by atoms with Crippen LogP contribution in [0.3, 0.4) is 0 Å². The number of hydrogen-bond donors (Lipinski definition) is 2. The van der Waals surface area contributed by atoms with E-state index in [-0.39, 0.29) is 24.5 Å². The van der Waals surface area contributed by atoms with E-state index in [1.54, 1.807) is 30.0 Å². The summed E-state index contributed by atoms with van der Waals surface area (Å²) in [5, 5.41) is 5.76. The molecule has 1 aromatic rings. The van der Waals surface area contributed by atoms with Crippen molar-refractivity contribution in [3.05, 3.63) is 23.8 Å². The van der Waals surface area contributed by atoms with Crippen LogP contribution in [0, 0.1) is 5.92 Å². The molecule has 0 saturated heterocycles. The van der Waals surface area contributed by atoms with E-state index in [0.29, 0.717) is 29.3 Å². The number of fused-ring (bicyclic) bond motifs is 1. The number of nitrogens with one attached hydrogen (secondary N) is 2. The Morgan fingerprint density at radius 3 is 2.92 bits per heavy atom. The maximum absolute atomic E-state index is 12.2. The Kier molecular flexibility index (Phi) is 6.19. The molecule has 2 aliphatic rings. The molecule has 2 amide bonds. The van der Waals surface area contributed by atoms with E-state index >= 15 is 0 Å². The van der Waals surface area contributed by atoms with Crippen molar-refractivity contribution in [2.75, 3.05) is 17.7 Å². The first kappa shape index (κ1) is 18.8. The first-order chi connectivity index (χ1) is 12.5. The first-order valence-electron chi connectivity index (χ1n) is 9.06. The van der Waals surface area contributed by atoms with Gasteiger partial charge in [-0.15, -0.1) is 11.8 Å². The van der Waals surface area contributed by atoms with E-state index in [1.807, 2.05) is 0 Å². The molecule has 1 fully saturated rings. The number of thioether (sulfide) groups is 1. The lowest BCUT2D eigenvalue weighted by atomic mass is 9.86. The van der Waals surface area contributed by atoms with E-state index in [1.165, 1.54) is 6.42 Å². The van der Waals surface area contributed by atoms with Gasteiger partial charge in [0.1, 0.15) is 0 Å². The van der Waals surface area contributed by atoms with E-state index < -0.39 is 5.97 Å². The third-order valence-electron chi connectivity index (χ3n) is 4.87. The molecule has 140 valence electrons. The average molecular weight is 376 g/mol. The van der Waals surface area contributed by atoms with Crippen molar-refractivity contribution in [2.45, 2.75) is 50.0 Å². The number of benzene rings is 1. The van der Waals surface area contributed by atoms with Crippen molar-refractivity contribution in [1.82, 2.24) is 5.32 Å². The lowest BCUT2D eigenvalue weighted by molar-refractivity contribution is -0.125. The van der Waals surface area contributed by atoms with Crippen molar-refractivity contribution >= 4 is 35.2 Å². The molecule has 1 aliphatic heterocycles. The normalized spacial score (nSPS) is 22.6. The van der Waals surface area contributed by atoms with E-state index in [9.17, 15) is 14.4 Å². The Labute approximate surface area is 157 Å². The molecule has 1 heterocycles. The van der Waals surface area contributed by atoms with E-state index in [2.05, 4.69) is 17.6 Å². The molecule has 26 heavy (non-hydrogen) atoms. The molecule has 0 unspecified atom stereocenters. The highest BCUT2D eigenvalue weighted by atomic mass is 32.2. The summed E-state index contributed by atoms with van der Waals surface area (Å²) in [5.74, 6) is 0.262. The zero-order valence-corrected chi connectivity index (χ0v) is 15.7. The van der Waals surface area contributed by atoms with E-state index in [0.717, 1.165) is 24.2 Å². The van der Waals surface area contributed by atoms with Crippen LogP contribution in [0.15, 0.2) is 23.1 Å². The van der Waals surface area contributed by atoms with Gasteiger partial charge >= 0.3 is 5.97 Å². The largest absolute Gasteiger partial charge is 0.452 e. The second kappa shape index (κ2) is 8.58. The summed E-state index contributed by atoms with van der Waals surface area (Å²) in [6.07, 6.45) is 4.86. The maximum Gasteiger partial charge on any atom is 0.338 e. The number of hydrogen-bond acceptors (Lipinski definition) is 5. The highest BCUT2D eigenvalue weighted by Gasteiger charge is 2.23. The number of rotatable bonds is 4. The number of esters is 1. The molecule has 2 N–H and O–H groups in total. The van der Waals surface area contributed by atoms with Crippen LogP contribution in [0.5, 0.6) is 0 Å². The Morgan fingerprint density at radius 2 is 2.12 bits per heavy atom. The monoisotopic (exact) mass is 376 g/mol. The lowest BCUT2D eigenvalue weighted by Gasteiger charge is -2.29. The summed E-state index contributed by atoms with van der Waals surface area (Å²) in [7, 11) is 0. The van der Waals surface area contributed by atoms with Gasteiger partial charge in [0.15, 0.2) is 6.61 Å². The fourth-order valence-electron chi connectivity index (χ4n) is 3.34. The minimum Gasteiger partial charge on any atom is -0.452 e. The third-order valence-corrected chi connectivity index (χ3v) is 5.94. The molecule has 3 rings (SSSR count). The van der Waals surface area contributed by atoms with Crippen LogP contribution in [0.4, 0.5) is 5.69 Å². The van der Waals surface area contributed by atoms with Gasteiger partial charge in [-0.05, 0) is 37.0 Å². The lowest BCUT2D eigenvalue weighted by Crippen LogP contribution is -2.42. The minimum absolute atomic E-state index is 0.0669. The molecule has 0 radical (unpaired) electrons. The van der Waals surface area contributed by atoms with Gasteiger partial charge in [0, 0.05) is 23.1 Å². The van der Waals surface area contributed by atoms with Crippen molar-refractivity contribution in [3.63, 3.8) is 0 Å². The molecule has 7 heteroatoms. The summed E-state index contributed by atoms with van der Waals surface area (Å²) in [6, 6.07) is 5.22. The van der Waals surface area contributed by atoms with Crippen LogP contribution in [0.1, 0.15) is 49.4 Å². The van der Waals surface area contributed by atoms with Crippen LogP contribution in [-0.4, -0.2) is 36.2 Å². The summed E-state index contributed by atoms with van der Waals surface area (Å²) in [4.78, 5) is 36.9. The molecule has 0 aromatic heterocycles. The second-order valence-electron chi connectivity index (χ2n) is 6.87. The molecule has 2 atom stereocenters. The van der Waals surface area contributed by atoms with Gasteiger partial charge in [-0.2, -0.15) is 0 Å². The Morgan fingerprint density at radius 1 is 1.31 bits per heavy atom. The van der Waals surface area contributed by atoms with Gasteiger partial charge in [-0.1, -0.05) is 19.8 Å². The van der Waals surface area contributed by atoms with Gasteiger partial charge in [0.2, 0.25) is 5.91 Å². The Bertz CT molecular complexity index is 707. The van der Waals surface area contributed by atoms with Crippen LogP contribution >= 0.6 is 11.8 Å². The van der Waals surface area contributed by atoms with Crippen molar-refractivity contribution in [2.24, 2.45) is 5.92 Å². The maximum atomic E-state index is 12.2. The predicted molar refractivity (Wildman–Crippen MR) is 100 cm³/mol. The molecule has 0 bridgehead atoms. The highest BCUT2D eigenvalue weighted by Crippen LogP contribution is 2.31. The number of amides is 2. The smallest absolute Gasteiger partial charge is 0.338 e. The van der Waals surface area contributed by atoms with E-state index in [4.69, 9.17) is 4.74 Å². The van der Waals surface area contributed by atoms with Gasteiger partial charge in [-0.3, -0.25) is 9.59 Å². The number of ether oxygens (including phenoxy) is 1. The predicted octanol–water partition coefficient (Wildman–Crippen LogP) is 2.97. The topological polar surface area (TPSA) is 84.5 Å². The fourth-order valence-corrected chi connectivity index (χ4v) is 4.28. The summed E-state index contributed by atoms with van der Waals surface area (Å²) in [6.45, 7) is 1.85. The van der Waals surface area contributed by atoms with Crippen LogP contribution in [0.25, 0.3) is 0 Å². The summed E-state index contributed by atoms with van der Waals surface area (Å²) < 4.78 is 5.15. The van der Waals surface area contributed by atoms with Gasteiger partial charge in [0.05, 0.1) is 11.3 Å². The van der Waals surface area contributed by atoms with Gasteiger partial charge < -0.3 is 15.4 Å². The molecular weight excluding hydrogens is 352 g/mol. The quantitative estimate of drug-likeness (QED) is 0.789. The summed E-state index contributed by atoms with van der Waals surface area (Å²) in [5.41, 5.74) is 0.942. The zero-order valence-electron chi connectivity index (χ0n) is 14.9. The van der Waals surface area contributed by atoms with Crippen molar-refractivity contribution in [3.8, 4) is 0 Å². The molecule has 0 spiro atoms. The van der Waals surface area contributed by atoms with Crippen LogP contribution in [0.2, 0.25) is 0 Å². The van der Waals surface area contributed by atoms with Gasteiger partial charge in [-0.25, -0.2) is 4.79 Å². The SMILES string of the molecule is C[C@H]1CCCC[C@H]1NC(=O)COC(=O)c1ccc2c(c1)NC(=O)CCS2. The average Bonchev–Trinajstić information content (AvgIpc) is 2.81. The third kappa shape index (κ3) is 4.78. The summed E-state index contributed by atoms with van der Waals surface area (Å²) >= 11 is 1.57. The second-order valence-corrected chi connectivity index (χ2v) is 8.01. The standard InChI is InChI=1S/C19H24N2O4S/c1-12-4-2-3-5-14(12)20-18(23)11-25-19(24)13-6-7-16-15(10-13)21-17(22)8-9-26-16/h6-7,10,12,14H,2-5,8-9,11H2,1H3,(H,20,23)(H,21,22)/t12-,14+/m0/s1. The number of anilines is 1. The fraction of sp³-hybridized carbons (Fsp3) is 0.526. The zero-order chi connectivity index (χ0) is 18.5. The molecule has 6 nitrogen and oxygen atoms in total. The Balaban J connectivity index is 1.55. The van der Waals surface area contributed by atoms with Crippen LogP contribution in [-0.2, 0) is 14.3 Å². The van der Waals surface area contributed by atoms with Crippen molar-refractivity contribution in [1.29, 1.82) is 0 Å². The Hall–Kier alpha value is -2.02. The van der Waals surface area contributed by atoms with Gasteiger partial charge in [0.25, 0.3) is 5.91 Å². The number of carbonyl (C=O) groups excluding carboxylic acids is 3. The first-order valence-corrected chi connectivity index (χ1v) is 10.0. The van der Waals surface area contributed by atoms with Crippen molar-refractivity contribution < 1.29 is 19.1 Å². The highest BCUT2D eigenvalue weighted by molar-refractivity contribution is 7.99.